The van der Waals surface area contributed by atoms with E-state index in [1.54, 1.807) is 0 Å². The first-order chi connectivity index (χ1) is 2.27. The summed E-state index contributed by atoms with van der Waals surface area (Å²) in [5.74, 6) is 0. The van der Waals surface area contributed by atoms with Gasteiger partial charge in [0.15, 0.2) is 0 Å². The van der Waals surface area contributed by atoms with E-state index >= 15 is 0 Å². The van der Waals surface area contributed by atoms with Crippen LogP contribution < -0.4 is 0 Å². The zero-order valence-corrected chi connectivity index (χ0v) is 5.89. The molecule has 1 N–H and O–H groups in total. The Labute approximate surface area is 60.6 Å². The monoisotopic (exact) mass is 164 g/mol. The van der Waals surface area contributed by atoms with Gasteiger partial charge in [0.1, 0.15) is 0 Å². The molecule has 0 aliphatic carbocycles. The normalized spacial score (nSPS) is 5.50. The van der Waals surface area contributed by atoms with Gasteiger partial charge < -0.3 is 9.84 Å². The van der Waals surface area contributed by atoms with Crippen molar-refractivity contribution in [1.82, 2.24) is 0 Å². The van der Waals surface area contributed by atoms with Crippen LogP contribution in [0.5, 0.6) is 0 Å². The van der Waals surface area contributed by atoms with Gasteiger partial charge in [0, 0.05) is 32.7 Å². The standard InChI is InChI=1S/C2H3O3.Y/c1-5-2(3)4;/h1H2,(H,3,4);/q-1;. The van der Waals surface area contributed by atoms with Crippen LogP contribution in [0.2, 0.25) is 0 Å². The molecule has 0 atom stereocenters. The van der Waals surface area contributed by atoms with Crippen LogP contribution in [-0.4, -0.2) is 11.3 Å². The Morgan fingerprint density at radius 1 is 1.83 bits per heavy atom. The largest absolute Gasteiger partial charge is 0.609 e. The molecular weight excluding hydrogens is 161 g/mol. The molecule has 0 spiro atoms. The molecule has 0 bridgehead atoms. The quantitative estimate of drug-likeness (QED) is 0.418. The zero-order chi connectivity index (χ0) is 4.28. The molecule has 1 radical (unpaired) electrons. The van der Waals surface area contributed by atoms with E-state index in [2.05, 4.69) is 11.8 Å². The molecule has 6 heavy (non-hydrogen) atoms. The van der Waals surface area contributed by atoms with Crippen LogP contribution in [0.3, 0.4) is 0 Å². The number of hydrogen-bond donors (Lipinski definition) is 1. The third kappa shape index (κ3) is 8.84. The maximum atomic E-state index is 9.08. The summed E-state index contributed by atoms with van der Waals surface area (Å²) in [7, 11) is 2.59. The van der Waals surface area contributed by atoms with Crippen LogP contribution in [-0.2, 0) is 37.4 Å². The molecule has 0 fully saturated rings. The Bertz CT molecular complexity index is 44.1. The smallest absolute Gasteiger partial charge is 0.473 e. The summed E-state index contributed by atoms with van der Waals surface area (Å²) in [6, 6.07) is 0. The van der Waals surface area contributed by atoms with Gasteiger partial charge in [-0.1, -0.05) is 0 Å². The maximum absolute atomic E-state index is 9.08. The fourth-order valence-electron chi connectivity index (χ4n) is 0. The fourth-order valence-corrected chi connectivity index (χ4v) is 0. The van der Waals surface area contributed by atoms with Crippen LogP contribution in [0.4, 0.5) is 4.79 Å². The molecular formula is C2H3O3Y-. The Kier molecular flexibility index (Phi) is 8.62. The minimum atomic E-state index is -1.36. The Morgan fingerprint density at radius 3 is 2.00 bits per heavy atom. The van der Waals surface area contributed by atoms with Crippen LogP contribution >= 0.6 is 0 Å². The number of rotatable bonds is 0. The van der Waals surface area contributed by atoms with Gasteiger partial charge in [-0.05, 0) is 0 Å². The second-order valence-electron chi connectivity index (χ2n) is 0.410. The first kappa shape index (κ1) is 9.62. The predicted molar refractivity (Wildman–Crippen MR) is 14.5 cm³/mol. The van der Waals surface area contributed by atoms with Gasteiger partial charge >= 0.3 is 6.16 Å². The second-order valence-corrected chi connectivity index (χ2v) is 0.410. The Morgan fingerprint density at radius 2 is 2.00 bits per heavy atom. The third-order valence-corrected chi connectivity index (χ3v) is 0.123. The van der Waals surface area contributed by atoms with Gasteiger partial charge in [-0.3, -0.25) is 0 Å². The van der Waals surface area contributed by atoms with E-state index in [4.69, 9.17) is 9.90 Å². The molecule has 33 valence electrons. The third-order valence-electron chi connectivity index (χ3n) is 0.123. The minimum Gasteiger partial charge on any atom is -0.609 e. The Hall–Kier alpha value is 0.374. The summed E-state index contributed by atoms with van der Waals surface area (Å²) in [4.78, 5) is 9.08. The van der Waals surface area contributed by atoms with E-state index in [1.165, 1.54) is 0 Å². The summed E-state index contributed by atoms with van der Waals surface area (Å²) < 4.78 is 3.42. The second kappa shape index (κ2) is 5.37. The van der Waals surface area contributed by atoms with Crippen LogP contribution in [0, 0.1) is 7.11 Å². The molecule has 0 saturated carbocycles. The van der Waals surface area contributed by atoms with E-state index in [9.17, 15) is 0 Å². The average Bonchev–Trinajstić information content (AvgIpc) is 1.38. The van der Waals surface area contributed by atoms with Crippen LogP contribution in [0.15, 0.2) is 0 Å². The number of ether oxygens (including phenoxy) is 1. The zero-order valence-electron chi connectivity index (χ0n) is 3.05. The molecule has 3 nitrogen and oxygen atoms in total. The molecule has 0 aromatic rings. The Balaban J connectivity index is 0. The molecule has 0 aromatic carbocycles. The van der Waals surface area contributed by atoms with Gasteiger partial charge in [-0.25, -0.2) is 4.79 Å². The van der Waals surface area contributed by atoms with Crippen molar-refractivity contribution in [1.29, 1.82) is 0 Å². The molecule has 0 aliphatic heterocycles. The summed E-state index contributed by atoms with van der Waals surface area (Å²) in [5, 5.41) is 7.44. The number of hydrogen-bond acceptors (Lipinski definition) is 2. The van der Waals surface area contributed by atoms with E-state index in [1.807, 2.05) is 0 Å². The summed E-state index contributed by atoms with van der Waals surface area (Å²) in [6.07, 6.45) is -1.36. The van der Waals surface area contributed by atoms with Crippen molar-refractivity contribution in [2.45, 2.75) is 0 Å². The SMILES string of the molecule is [CH2-]OC(=O)O.[Y]. The first-order valence-corrected chi connectivity index (χ1v) is 0.921. The van der Waals surface area contributed by atoms with Gasteiger partial charge in [0.2, 0.25) is 0 Å². The van der Waals surface area contributed by atoms with Crippen molar-refractivity contribution < 1.29 is 47.3 Å². The molecule has 0 saturated heterocycles. The summed E-state index contributed by atoms with van der Waals surface area (Å²) in [5.41, 5.74) is 0. The van der Waals surface area contributed by atoms with E-state index in [-0.39, 0.29) is 32.7 Å². The van der Waals surface area contributed by atoms with E-state index < -0.39 is 6.16 Å². The number of carboxylic acid groups (broad SMARTS) is 1. The van der Waals surface area contributed by atoms with Crippen molar-refractivity contribution in [2.75, 3.05) is 0 Å². The predicted octanol–water partition coefficient (Wildman–Crippen LogP) is 0.470. The van der Waals surface area contributed by atoms with Gasteiger partial charge in [0.25, 0.3) is 0 Å². The maximum Gasteiger partial charge on any atom is 0.473 e. The van der Waals surface area contributed by atoms with Crippen molar-refractivity contribution >= 4 is 6.16 Å². The first-order valence-electron chi connectivity index (χ1n) is 0.921. The topological polar surface area (TPSA) is 46.5 Å². The molecule has 4 heteroatoms. The molecule has 0 rings (SSSR count). The van der Waals surface area contributed by atoms with Gasteiger partial charge in [-0.15, -0.1) is 0 Å². The molecule has 0 aromatic heterocycles. The summed E-state index contributed by atoms with van der Waals surface area (Å²) in [6.45, 7) is 0. The minimum absolute atomic E-state index is 0. The molecule has 0 unspecified atom stereocenters. The van der Waals surface area contributed by atoms with E-state index in [0.717, 1.165) is 0 Å². The van der Waals surface area contributed by atoms with Crippen molar-refractivity contribution in [3.05, 3.63) is 7.11 Å². The molecule has 0 aliphatic rings. The number of carbonyl (C=O) groups is 1. The molecule has 0 heterocycles. The van der Waals surface area contributed by atoms with Crippen molar-refractivity contribution in [3.8, 4) is 0 Å². The van der Waals surface area contributed by atoms with Gasteiger partial charge in [-0.2, -0.15) is 7.11 Å². The average molecular weight is 164 g/mol. The fraction of sp³-hybridized carbons (Fsp3) is 0. The van der Waals surface area contributed by atoms with E-state index in [0.29, 0.717) is 0 Å². The van der Waals surface area contributed by atoms with Crippen LogP contribution in [0.25, 0.3) is 0 Å². The summed E-state index contributed by atoms with van der Waals surface area (Å²) >= 11 is 0. The van der Waals surface area contributed by atoms with Crippen LogP contribution in [0.1, 0.15) is 0 Å². The van der Waals surface area contributed by atoms with Crippen molar-refractivity contribution in [3.63, 3.8) is 0 Å². The van der Waals surface area contributed by atoms with Gasteiger partial charge in [0.05, 0.1) is 0 Å². The van der Waals surface area contributed by atoms with Crippen molar-refractivity contribution in [2.24, 2.45) is 0 Å². The molecule has 0 amide bonds.